The van der Waals surface area contributed by atoms with Gasteiger partial charge in [-0.2, -0.15) is 0 Å². The monoisotopic (exact) mass is 312 g/mol. The molecular formula is C14H21BrN2O. The molecule has 0 heterocycles. The molecule has 3 nitrogen and oxygen atoms in total. The maximum absolute atomic E-state index is 12.0. The third-order valence-corrected chi connectivity index (χ3v) is 3.58. The molecule has 0 aromatic heterocycles. The van der Waals surface area contributed by atoms with Gasteiger partial charge in [-0.15, -0.1) is 0 Å². The van der Waals surface area contributed by atoms with E-state index in [1.807, 2.05) is 45.0 Å². The second-order valence-electron chi connectivity index (χ2n) is 5.10. The first-order valence-corrected chi connectivity index (χ1v) is 6.94. The number of halogens is 1. The summed E-state index contributed by atoms with van der Waals surface area (Å²) in [6, 6.07) is 7.98. The van der Waals surface area contributed by atoms with E-state index < -0.39 is 0 Å². The number of hydrogen-bond donors (Lipinski definition) is 2. The van der Waals surface area contributed by atoms with Crippen LogP contribution in [0.5, 0.6) is 0 Å². The van der Waals surface area contributed by atoms with E-state index in [1.165, 1.54) is 0 Å². The van der Waals surface area contributed by atoms with Crippen LogP contribution >= 0.6 is 15.9 Å². The second-order valence-corrected chi connectivity index (χ2v) is 6.02. The highest BCUT2D eigenvalue weighted by atomic mass is 79.9. The first-order valence-electron chi connectivity index (χ1n) is 6.15. The van der Waals surface area contributed by atoms with Gasteiger partial charge in [0.1, 0.15) is 0 Å². The van der Waals surface area contributed by atoms with Crippen LogP contribution in [0.2, 0.25) is 0 Å². The van der Waals surface area contributed by atoms with Crippen LogP contribution in [0.4, 0.5) is 0 Å². The zero-order valence-corrected chi connectivity index (χ0v) is 12.8. The molecule has 1 rings (SSSR count). The van der Waals surface area contributed by atoms with Gasteiger partial charge in [0.05, 0.1) is 5.54 Å². The molecule has 0 bridgehead atoms. The van der Waals surface area contributed by atoms with Crippen molar-refractivity contribution in [3.05, 3.63) is 34.3 Å². The molecule has 0 fully saturated rings. The van der Waals surface area contributed by atoms with Crippen molar-refractivity contribution in [3.63, 3.8) is 0 Å². The van der Waals surface area contributed by atoms with Crippen LogP contribution in [-0.4, -0.2) is 12.5 Å². The van der Waals surface area contributed by atoms with Crippen molar-refractivity contribution in [2.24, 2.45) is 11.7 Å². The Balaban J connectivity index is 2.75. The average Bonchev–Trinajstić information content (AvgIpc) is 2.29. The minimum absolute atomic E-state index is 0.0494. The lowest BCUT2D eigenvalue weighted by molar-refractivity contribution is -0.126. The molecule has 1 aromatic carbocycles. The summed E-state index contributed by atoms with van der Waals surface area (Å²) in [6.45, 7) is 6.44. The fourth-order valence-corrected chi connectivity index (χ4v) is 2.02. The zero-order chi connectivity index (χ0) is 13.8. The summed E-state index contributed by atoms with van der Waals surface area (Å²) in [4.78, 5) is 12.0. The van der Waals surface area contributed by atoms with Crippen LogP contribution in [0.3, 0.4) is 0 Å². The summed E-state index contributed by atoms with van der Waals surface area (Å²) < 4.78 is 1.03. The molecule has 1 unspecified atom stereocenters. The molecule has 18 heavy (non-hydrogen) atoms. The second kappa shape index (κ2) is 6.34. The van der Waals surface area contributed by atoms with E-state index in [4.69, 9.17) is 5.73 Å². The van der Waals surface area contributed by atoms with Crippen molar-refractivity contribution in [1.29, 1.82) is 0 Å². The lowest BCUT2D eigenvalue weighted by Gasteiger charge is -2.28. The molecule has 0 saturated carbocycles. The van der Waals surface area contributed by atoms with Gasteiger partial charge in [-0.1, -0.05) is 35.0 Å². The Morgan fingerprint density at radius 3 is 2.44 bits per heavy atom. The van der Waals surface area contributed by atoms with Crippen LogP contribution in [0.1, 0.15) is 32.8 Å². The van der Waals surface area contributed by atoms with Gasteiger partial charge in [-0.25, -0.2) is 0 Å². The van der Waals surface area contributed by atoms with Crippen molar-refractivity contribution in [1.82, 2.24) is 5.32 Å². The molecule has 0 aliphatic heterocycles. The first kappa shape index (κ1) is 15.2. The summed E-state index contributed by atoms with van der Waals surface area (Å²) in [6.07, 6.45) is 0.711. The van der Waals surface area contributed by atoms with Crippen molar-refractivity contribution >= 4 is 21.8 Å². The molecule has 0 aliphatic rings. The van der Waals surface area contributed by atoms with E-state index in [-0.39, 0.29) is 17.4 Å². The van der Waals surface area contributed by atoms with Gasteiger partial charge in [0.2, 0.25) is 5.91 Å². The normalized spacial score (nSPS) is 13.2. The lowest BCUT2D eigenvalue weighted by atomic mass is 9.93. The Bertz CT molecular complexity index is 401. The van der Waals surface area contributed by atoms with Crippen LogP contribution in [0, 0.1) is 5.92 Å². The minimum Gasteiger partial charge on any atom is -0.347 e. The molecule has 100 valence electrons. The van der Waals surface area contributed by atoms with Gasteiger partial charge >= 0.3 is 0 Å². The number of hydrogen-bond acceptors (Lipinski definition) is 2. The van der Waals surface area contributed by atoms with E-state index in [0.717, 1.165) is 10.0 Å². The fraction of sp³-hybridized carbons (Fsp3) is 0.500. The Kier molecular flexibility index (Phi) is 5.35. The maximum atomic E-state index is 12.0. The standard InChI is InChI=1S/C14H21BrN2O/c1-10(8-9-16)13(18)17-14(2,3)11-4-6-12(15)7-5-11/h4-7,10H,8-9,16H2,1-3H3,(H,17,18). The maximum Gasteiger partial charge on any atom is 0.223 e. The summed E-state index contributed by atoms with van der Waals surface area (Å²) >= 11 is 3.41. The third kappa shape index (κ3) is 4.10. The van der Waals surface area contributed by atoms with Crippen molar-refractivity contribution < 1.29 is 4.79 Å². The Labute approximate surface area is 117 Å². The Morgan fingerprint density at radius 1 is 1.39 bits per heavy atom. The van der Waals surface area contributed by atoms with Crippen LogP contribution in [-0.2, 0) is 10.3 Å². The molecule has 1 amide bonds. The zero-order valence-electron chi connectivity index (χ0n) is 11.2. The van der Waals surface area contributed by atoms with E-state index >= 15 is 0 Å². The third-order valence-electron chi connectivity index (χ3n) is 3.05. The van der Waals surface area contributed by atoms with Gasteiger partial charge in [0.15, 0.2) is 0 Å². The molecule has 1 atom stereocenters. The van der Waals surface area contributed by atoms with Gasteiger partial charge in [-0.05, 0) is 44.5 Å². The van der Waals surface area contributed by atoms with E-state index in [9.17, 15) is 4.79 Å². The van der Waals surface area contributed by atoms with Crippen molar-refractivity contribution in [3.8, 4) is 0 Å². The van der Waals surface area contributed by atoms with E-state index in [0.29, 0.717) is 13.0 Å². The number of nitrogens with two attached hydrogens (primary N) is 1. The highest BCUT2D eigenvalue weighted by molar-refractivity contribution is 9.10. The number of carbonyl (C=O) groups is 1. The minimum atomic E-state index is -0.374. The van der Waals surface area contributed by atoms with Crippen LogP contribution in [0.15, 0.2) is 28.7 Å². The summed E-state index contributed by atoms with van der Waals surface area (Å²) in [5.74, 6) is -0.00177. The van der Waals surface area contributed by atoms with Gasteiger partial charge in [0.25, 0.3) is 0 Å². The Hall–Kier alpha value is -0.870. The van der Waals surface area contributed by atoms with Gasteiger partial charge in [-0.3, -0.25) is 4.79 Å². The number of rotatable bonds is 5. The topological polar surface area (TPSA) is 55.1 Å². The molecule has 0 aliphatic carbocycles. The summed E-state index contributed by atoms with van der Waals surface area (Å²) in [5, 5.41) is 3.07. The molecule has 4 heteroatoms. The summed E-state index contributed by atoms with van der Waals surface area (Å²) in [5.41, 5.74) is 6.18. The number of amides is 1. The van der Waals surface area contributed by atoms with Crippen molar-refractivity contribution in [2.75, 3.05) is 6.54 Å². The molecule has 0 saturated heterocycles. The predicted molar refractivity (Wildman–Crippen MR) is 78.1 cm³/mol. The first-order chi connectivity index (χ1) is 8.36. The highest BCUT2D eigenvalue weighted by Crippen LogP contribution is 2.22. The van der Waals surface area contributed by atoms with Gasteiger partial charge < -0.3 is 11.1 Å². The highest BCUT2D eigenvalue weighted by Gasteiger charge is 2.24. The smallest absolute Gasteiger partial charge is 0.223 e. The Morgan fingerprint density at radius 2 is 1.94 bits per heavy atom. The SMILES string of the molecule is CC(CCN)C(=O)NC(C)(C)c1ccc(Br)cc1. The molecule has 0 radical (unpaired) electrons. The van der Waals surface area contributed by atoms with E-state index in [1.54, 1.807) is 0 Å². The van der Waals surface area contributed by atoms with Gasteiger partial charge in [0, 0.05) is 10.4 Å². The largest absolute Gasteiger partial charge is 0.347 e. The predicted octanol–water partition coefficient (Wildman–Crippen LogP) is 2.79. The fourth-order valence-electron chi connectivity index (χ4n) is 1.75. The molecule has 1 aromatic rings. The van der Waals surface area contributed by atoms with Crippen LogP contribution in [0.25, 0.3) is 0 Å². The quantitative estimate of drug-likeness (QED) is 0.878. The number of carbonyl (C=O) groups excluding carboxylic acids is 1. The van der Waals surface area contributed by atoms with Crippen molar-refractivity contribution in [2.45, 2.75) is 32.7 Å². The van der Waals surface area contributed by atoms with Crippen LogP contribution < -0.4 is 11.1 Å². The molecular weight excluding hydrogens is 292 g/mol. The summed E-state index contributed by atoms with van der Waals surface area (Å²) in [7, 11) is 0. The number of benzene rings is 1. The van der Waals surface area contributed by atoms with E-state index in [2.05, 4.69) is 21.2 Å². The molecule has 0 spiro atoms. The lowest BCUT2D eigenvalue weighted by Crippen LogP contribution is -2.43. The number of nitrogens with one attached hydrogen (secondary N) is 1. The average molecular weight is 313 g/mol. The molecule has 3 N–H and O–H groups in total.